The van der Waals surface area contributed by atoms with Crippen LogP contribution in [0.25, 0.3) is 0 Å². The molecule has 2 aromatic rings. The molecule has 0 radical (unpaired) electrons. The molecular weight excluding hydrogens is 364 g/mol. The number of hydrazine groups is 1. The molecule has 2 atom stereocenters. The number of carboxylic acids is 1. The Morgan fingerprint density at radius 3 is 2.39 bits per heavy atom. The molecule has 0 amide bonds. The number of nitrogens with two attached hydrogens (primary N) is 1. The average Bonchev–Trinajstić information content (AvgIpc) is 2.71. The fourth-order valence-electron chi connectivity index (χ4n) is 3.29. The highest BCUT2D eigenvalue weighted by molar-refractivity contribution is 5.88. The van der Waals surface area contributed by atoms with Gasteiger partial charge in [0.15, 0.2) is 11.5 Å². The van der Waals surface area contributed by atoms with Crippen molar-refractivity contribution in [2.75, 3.05) is 19.2 Å². The highest BCUT2D eigenvalue weighted by Gasteiger charge is 2.40. The first-order valence-corrected chi connectivity index (χ1v) is 8.69. The standard InChI is InChI=1S/C20H22N2O6/c1-26-17-9-13-14(20(25)28-11-12-6-4-3-5-7-12)8-16(19(23)24)22(21)15(13)10-18(17)27-2/h3-7,9-10,14,16H,8,11,21H2,1-2H3,(H,23,24). The summed E-state index contributed by atoms with van der Waals surface area (Å²) in [4.78, 5) is 24.5. The van der Waals surface area contributed by atoms with Gasteiger partial charge in [0.05, 0.1) is 25.8 Å². The Kier molecular flexibility index (Phi) is 5.70. The van der Waals surface area contributed by atoms with Crippen molar-refractivity contribution in [1.29, 1.82) is 0 Å². The van der Waals surface area contributed by atoms with Crippen LogP contribution in [-0.4, -0.2) is 37.3 Å². The van der Waals surface area contributed by atoms with Crippen molar-refractivity contribution in [1.82, 2.24) is 0 Å². The van der Waals surface area contributed by atoms with Crippen LogP contribution in [0.1, 0.15) is 23.5 Å². The van der Waals surface area contributed by atoms with Crippen molar-refractivity contribution in [3.63, 3.8) is 0 Å². The molecule has 0 saturated heterocycles. The Hall–Kier alpha value is -3.26. The van der Waals surface area contributed by atoms with E-state index >= 15 is 0 Å². The van der Waals surface area contributed by atoms with Crippen LogP contribution in [0.3, 0.4) is 0 Å². The third kappa shape index (κ3) is 3.72. The van der Waals surface area contributed by atoms with Gasteiger partial charge < -0.3 is 19.3 Å². The summed E-state index contributed by atoms with van der Waals surface area (Å²) in [6.07, 6.45) is -0.0120. The number of carboxylic acid groups (broad SMARTS) is 1. The molecule has 0 aliphatic carbocycles. The lowest BCUT2D eigenvalue weighted by atomic mass is 9.86. The van der Waals surface area contributed by atoms with Crippen molar-refractivity contribution in [3.8, 4) is 11.5 Å². The summed E-state index contributed by atoms with van der Waals surface area (Å²) in [5.74, 6) is 4.42. The van der Waals surface area contributed by atoms with Crippen LogP contribution >= 0.6 is 0 Å². The van der Waals surface area contributed by atoms with E-state index in [0.717, 1.165) is 10.6 Å². The van der Waals surface area contributed by atoms with Crippen molar-refractivity contribution < 1.29 is 28.9 Å². The molecule has 148 valence electrons. The van der Waals surface area contributed by atoms with Gasteiger partial charge in [0.2, 0.25) is 0 Å². The molecule has 1 aliphatic rings. The molecule has 1 heterocycles. The minimum Gasteiger partial charge on any atom is -0.493 e. The number of carbonyl (C=O) groups is 2. The first-order chi connectivity index (χ1) is 13.5. The molecule has 0 saturated carbocycles. The summed E-state index contributed by atoms with van der Waals surface area (Å²) in [5.41, 5.74) is 1.77. The molecule has 3 rings (SSSR count). The van der Waals surface area contributed by atoms with Crippen LogP contribution in [0, 0.1) is 0 Å². The van der Waals surface area contributed by atoms with Gasteiger partial charge >= 0.3 is 11.9 Å². The average molecular weight is 386 g/mol. The molecule has 0 spiro atoms. The lowest BCUT2D eigenvalue weighted by Crippen LogP contribution is -2.51. The monoisotopic (exact) mass is 386 g/mol. The number of hydrogen-bond donors (Lipinski definition) is 2. The molecule has 8 heteroatoms. The molecular formula is C20H22N2O6. The van der Waals surface area contributed by atoms with Gasteiger partial charge in [0.25, 0.3) is 0 Å². The summed E-state index contributed by atoms with van der Waals surface area (Å²) in [5, 5.41) is 10.7. The van der Waals surface area contributed by atoms with Crippen LogP contribution in [0.5, 0.6) is 11.5 Å². The van der Waals surface area contributed by atoms with Gasteiger partial charge in [-0.1, -0.05) is 30.3 Å². The quantitative estimate of drug-likeness (QED) is 0.573. The molecule has 8 nitrogen and oxygen atoms in total. The van der Waals surface area contributed by atoms with E-state index in [-0.39, 0.29) is 13.0 Å². The number of fused-ring (bicyclic) bond motifs is 1. The number of rotatable bonds is 6. The van der Waals surface area contributed by atoms with E-state index in [9.17, 15) is 14.7 Å². The molecule has 0 bridgehead atoms. The number of benzene rings is 2. The summed E-state index contributed by atoms with van der Waals surface area (Å²) in [6, 6.07) is 11.4. The van der Waals surface area contributed by atoms with Crippen molar-refractivity contribution >= 4 is 17.6 Å². The maximum Gasteiger partial charge on any atom is 0.327 e. The number of anilines is 1. The zero-order valence-electron chi connectivity index (χ0n) is 15.6. The van der Waals surface area contributed by atoms with Crippen molar-refractivity contribution in [2.45, 2.75) is 25.0 Å². The van der Waals surface area contributed by atoms with Gasteiger partial charge in [0.1, 0.15) is 12.6 Å². The summed E-state index contributed by atoms with van der Waals surface area (Å²) < 4.78 is 16.0. The zero-order chi connectivity index (χ0) is 20.3. The van der Waals surface area contributed by atoms with E-state index in [0.29, 0.717) is 22.7 Å². The van der Waals surface area contributed by atoms with E-state index in [2.05, 4.69) is 0 Å². The van der Waals surface area contributed by atoms with Gasteiger partial charge in [-0.25, -0.2) is 10.6 Å². The smallest absolute Gasteiger partial charge is 0.327 e. The number of hydrogen-bond acceptors (Lipinski definition) is 7. The van der Waals surface area contributed by atoms with Crippen LogP contribution in [0.4, 0.5) is 5.69 Å². The molecule has 2 aromatic carbocycles. The number of methoxy groups -OCH3 is 2. The first-order valence-electron chi connectivity index (χ1n) is 8.69. The lowest BCUT2D eigenvalue weighted by Gasteiger charge is -2.36. The Balaban J connectivity index is 1.94. The topological polar surface area (TPSA) is 111 Å². The Bertz CT molecular complexity index is 870. The molecule has 0 fully saturated rings. The molecule has 0 aromatic heterocycles. The predicted molar refractivity (Wildman–Crippen MR) is 101 cm³/mol. The van der Waals surface area contributed by atoms with Gasteiger partial charge in [0, 0.05) is 6.07 Å². The maximum absolute atomic E-state index is 12.8. The van der Waals surface area contributed by atoms with Gasteiger partial charge in [-0.3, -0.25) is 9.80 Å². The summed E-state index contributed by atoms with van der Waals surface area (Å²) in [7, 11) is 2.95. The van der Waals surface area contributed by atoms with Crippen LogP contribution in [0.2, 0.25) is 0 Å². The fourth-order valence-corrected chi connectivity index (χ4v) is 3.29. The fraction of sp³-hybridized carbons (Fsp3) is 0.300. The normalized spacial score (nSPS) is 18.2. The third-order valence-electron chi connectivity index (χ3n) is 4.77. The SMILES string of the molecule is COc1cc2c(cc1OC)N(N)C(C(=O)O)CC2C(=O)OCc1ccccc1. The largest absolute Gasteiger partial charge is 0.493 e. The number of nitrogens with zero attached hydrogens (tertiary/aromatic N) is 1. The maximum atomic E-state index is 12.8. The lowest BCUT2D eigenvalue weighted by molar-refractivity contribution is -0.147. The predicted octanol–water partition coefficient (Wildman–Crippen LogP) is 2.07. The molecule has 3 N–H and O–H groups in total. The van der Waals surface area contributed by atoms with E-state index in [1.165, 1.54) is 14.2 Å². The second-order valence-corrected chi connectivity index (χ2v) is 6.41. The first kappa shape index (κ1) is 19.5. The number of carbonyl (C=O) groups excluding carboxylic acids is 1. The molecule has 2 unspecified atom stereocenters. The van der Waals surface area contributed by atoms with Gasteiger partial charge in [-0.05, 0) is 23.6 Å². The zero-order valence-corrected chi connectivity index (χ0v) is 15.6. The van der Waals surface area contributed by atoms with Gasteiger partial charge in [-0.2, -0.15) is 0 Å². The highest BCUT2D eigenvalue weighted by atomic mass is 16.5. The van der Waals surface area contributed by atoms with E-state index < -0.39 is 23.9 Å². The van der Waals surface area contributed by atoms with Crippen molar-refractivity contribution in [3.05, 3.63) is 53.6 Å². The number of aliphatic carboxylic acids is 1. The Morgan fingerprint density at radius 2 is 1.79 bits per heavy atom. The highest BCUT2D eigenvalue weighted by Crippen LogP contribution is 2.44. The molecule has 1 aliphatic heterocycles. The summed E-state index contributed by atoms with van der Waals surface area (Å²) in [6.45, 7) is 0.100. The minimum absolute atomic E-state index is 0.0120. The van der Waals surface area contributed by atoms with E-state index in [1.54, 1.807) is 12.1 Å². The summed E-state index contributed by atoms with van der Waals surface area (Å²) >= 11 is 0. The Labute approximate surface area is 162 Å². The number of ether oxygens (including phenoxy) is 3. The second-order valence-electron chi connectivity index (χ2n) is 6.41. The van der Waals surface area contributed by atoms with Gasteiger partial charge in [-0.15, -0.1) is 0 Å². The minimum atomic E-state index is -1.12. The van der Waals surface area contributed by atoms with Crippen molar-refractivity contribution in [2.24, 2.45) is 5.84 Å². The molecule has 28 heavy (non-hydrogen) atoms. The van der Waals surface area contributed by atoms with E-state index in [4.69, 9.17) is 20.1 Å². The van der Waals surface area contributed by atoms with Crippen LogP contribution in [-0.2, 0) is 20.9 Å². The third-order valence-corrected chi connectivity index (χ3v) is 4.77. The van der Waals surface area contributed by atoms with E-state index in [1.807, 2.05) is 30.3 Å². The second kappa shape index (κ2) is 8.18. The Morgan fingerprint density at radius 1 is 1.14 bits per heavy atom. The van der Waals surface area contributed by atoms with Crippen LogP contribution < -0.4 is 20.3 Å². The van der Waals surface area contributed by atoms with Crippen LogP contribution in [0.15, 0.2) is 42.5 Å². The number of esters is 1.